The Labute approximate surface area is 146 Å². The first-order chi connectivity index (χ1) is 12.3. The Morgan fingerprint density at radius 1 is 1.15 bits per heavy atom. The summed E-state index contributed by atoms with van der Waals surface area (Å²) in [5.41, 5.74) is -2.28. The first-order valence-electron chi connectivity index (χ1n) is 7.24. The Balaban J connectivity index is 2.15. The van der Waals surface area contributed by atoms with Crippen LogP contribution in [-0.2, 0) is 6.54 Å². The minimum atomic E-state index is -4.84. The number of hydrogen-bond donors (Lipinski definition) is 2. The van der Waals surface area contributed by atoms with Gasteiger partial charge in [-0.1, -0.05) is 12.1 Å². The number of nitrogens with one attached hydrogen (secondary N) is 2. The Hall–Kier alpha value is -2.99. The van der Waals surface area contributed by atoms with Crippen LogP contribution in [0.1, 0.15) is 18.5 Å². The molecule has 0 unspecified atom stereocenters. The summed E-state index contributed by atoms with van der Waals surface area (Å²) in [6.07, 6.45) is -9.61. The normalized spacial score (nSPS) is 13.3. The van der Waals surface area contributed by atoms with Crippen LogP contribution in [0.3, 0.4) is 0 Å². The maximum atomic E-state index is 12.3. The molecule has 1 aromatic carbocycles. The first kappa shape index (κ1) is 20.3. The molecule has 0 amide bonds. The quantitative estimate of drug-likeness (QED) is 0.756. The molecule has 2 aromatic rings. The van der Waals surface area contributed by atoms with Crippen LogP contribution in [0.5, 0.6) is 5.75 Å². The van der Waals surface area contributed by atoms with Crippen molar-refractivity contribution < 1.29 is 31.1 Å². The average molecular weight is 398 g/mol. The van der Waals surface area contributed by atoms with Gasteiger partial charge in [0.15, 0.2) is 0 Å². The number of halogens is 6. The third kappa shape index (κ3) is 6.04. The van der Waals surface area contributed by atoms with Crippen molar-refractivity contribution in [3.05, 3.63) is 50.8 Å². The lowest BCUT2D eigenvalue weighted by Gasteiger charge is -2.16. The molecule has 0 spiro atoms. The van der Waals surface area contributed by atoms with E-state index in [4.69, 9.17) is 0 Å². The highest BCUT2D eigenvalue weighted by Gasteiger charge is 2.31. The molecular weight excluding hydrogens is 386 g/mol. The summed E-state index contributed by atoms with van der Waals surface area (Å²) >= 11 is 0. The Morgan fingerprint density at radius 2 is 1.74 bits per heavy atom. The summed E-state index contributed by atoms with van der Waals surface area (Å²) < 4.78 is 77.0. The van der Waals surface area contributed by atoms with Crippen LogP contribution >= 0.6 is 0 Å². The Bertz CT molecular complexity index is 870. The van der Waals surface area contributed by atoms with Crippen molar-refractivity contribution in [2.24, 2.45) is 0 Å². The van der Waals surface area contributed by atoms with Gasteiger partial charge in [-0.3, -0.25) is 4.98 Å². The molecule has 0 aliphatic rings. The summed E-state index contributed by atoms with van der Waals surface area (Å²) in [6, 6.07) is 4.05. The molecule has 0 bridgehead atoms. The van der Waals surface area contributed by atoms with Crippen LogP contribution in [0.15, 0.2) is 33.9 Å². The third-order valence-electron chi connectivity index (χ3n) is 3.21. The number of nitrogens with zero attached hydrogens (tertiary/aromatic N) is 2. The number of hydrogen-bond acceptors (Lipinski definition) is 5. The van der Waals surface area contributed by atoms with Crippen molar-refractivity contribution in [3.8, 4) is 5.75 Å². The van der Waals surface area contributed by atoms with E-state index in [1.807, 2.05) is 4.98 Å². The van der Waals surface area contributed by atoms with Crippen molar-refractivity contribution in [2.75, 3.05) is 5.32 Å². The maximum Gasteiger partial charge on any atom is 0.573 e. The molecule has 13 heteroatoms. The fraction of sp³-hybridized carbons (Fsp3) is 0.357. The average Bonchev–Trinajstić information content (AvgIpc) is 2.49. The molecule has 0 aliphatic heterocycles. The van der Waals surface area contributed by atoms with Gasteiger partial charge in [0.2, 0.25) is 5.95 Å². The lowest BCUT2D eigenvalue weighted by Crippen LogP contribution is -2.41. The van der Waals surface area contributed by atoms with Gasteiger partial charge >= 0.3 is 23.9 Å². The minimum Gasteiger partial charge on any atom is -0.406 e. The summed E-state index contributed by atoms with van der Waals surface area (Å²) in [5, 5.41) is 2.57. The minimum absolute atomic E-state index is 0.112. The molecule has 0 saturated carbocycles. The molecule has 1 aromatic heterocycles. The molecule has 0 fully saturated rings. The smallest absolute Gasteiger partial charge is 0.406 e. The molecule has 2 rings (SSSR count). The molecule has 1 heterocycles. The standard InChI is InChI=1S/C14H12F6N4O3/c1-7(8-2-4-9(5-3-8)27-14(18,19)20)21-10-22-11(25)24(12(26)23-10)6-13(15,16)17/h2-5,7H,6H2,1H3,(H2,21,22,23,25,26)/t7-/m0/s1. The zero-order chi connectivity index (χ0) is 20.4. The molecule has 1 atom stereocenters. The van der Waals surface area contributed by atoms with Gasteiger partial charge in [-0.15, -0.1) is 13.2 Å². The van der Waals surface area contributed by atoms with Crippen LogP contribution < -0.4 is 21.4 Å². The van der Waals surface area contributed by atoms with E-state index in [2.05, 4.69) is 15.0 Å². The molecule has 7 nitrogen and oxygen atoms in total. The van der Waals surface area contributed by atoms with E-state index in [1.54, 1.807) is 0 Å². The van der Waals surface area contributed by atoms with E-state index in [0.717, 1.165) is 12.1 Å². The SMILES string of the molecule is C[C@H](Nc1nc(=O)n(CC(F)(F)F)c(=O)[nH]1)c1ccc(OC(F)(F)F)cc1. The van der Waals surface area contributed by atoms with Gasteiger partial charge in [0.1, 0.15) is 12.3 Å². The number of alkyl halides is 6. The summed E-state index contributed by atoms with van der Waals surface area (Å²) in [4.78, 5) is 28.6. The molecule has 0 aliphatic carbocycles. The second-order valence-electron chi connectivity index (χ2n) is 5.36. The maximum absolute atomic E-state index is 12.3. The monoisotopic (exact) mass is 398 g/mol. The zero-order valence-electron chi connectivity index (χ0n) is 13.5. The molecule has 0 saturated heterocycles. The van der Waals surface area contributed by atoms with Crippen LogP contribution in [-0.4, -0.2) is 27.1 Å². The van der Waals surface area contributed by atoms with E-state index >= 15 is 0 Å². The second-order valence-corrected chi connectivity index (χ2v) is 5.36. The van der Waals surface area contributed by atoms with E-state index in [0.29, 0.717) is 5.56 Å². The van der Waals surface area contributed by atoms with Gasteiger partial charge in [0.05, 0.1) is 6.04 Å². The van der Waals surface area contributed by atoms with E-state index in [1.165, 1.54) is 19.1 Å². The predicted octanol–water partition coefficient (Wildman–Crippen LogP) is 2.57. The van der Waals surface area contributed by atoms with Crippen molar-refractivity contribution in [2.45, 2.75) is 32.0 Å². The topological polar surface area (TPSA) is 89.0 Å². The van der Waals surface area contributed by atoms with Gasteiger partial charge in [-0.25, -0.2) is 14.2 Å². The molecule has 27 heavy (non-hydrogen) atoms. The summed E-state index contributed by atoms with van der Waals surface area (Å²) in [6.45, 7) is -0.258. The van der Waals surface area contributed by atoms with Crippen LogP contribution in [0.25, 0.3) is 0 Å². The van der Waals surface area contributed by atoms with Crippen molar-refractivity contribution in [3.63, 3.8) is 0 Å². The third-order valence-corrected chi connectivity index (χ3v) is 3.21. The highest BCUT2D eigenvalue weighted by atomic mass is 19.4. The number of H-pyrrole nitrogens is 1. The summed E-state index contributed by atoms with van der Waals surface area (Å²) in [5.74, 6) is -0.828. The van der Waals surface area contributed by atoms with Crippen LogP contribution in [0.4, 0.5) is 32.3 Å². The highest BCUT2D eigenvalue weighted by molar-refractivity contribution is 5.34. The van der Waals surface area contributed by atoms with Crippen molar-refractivity contribution >= 4 is 5.95 Å². The van der Waals surface area contributed by atoms with Crippen molar-refractivity contribution in [1.82, 2.24) is 14.5 Å². The number of rotatable bonds is 5. The fourth-order valence-electron chi connectivity index (χ4n) is 2.07. The number of aromatic amines is 1. The van der Waals surface area contributed by atoms with Gasteiger partial charge in [-0.2, -0.15) is 18.2 Å². The second kappa shape index (κ2) is 7.32. The number of ether oxygens (including phenoxy) is 1. The van der Waals surface area contributed by atoms with E-state index in [9.17, 15) is 35.9 Å². The molecule has 0 radical (unpaired) electrons. The van der Waals surface area contributed by atoms with Gasteiger partial charge in [-0.05, 0) is 24.6 Å². The Morgan fingerprint density at radius 3 is 2.22 bits per heavy atom. The van der Waals surface area contributed by atoms with Crippen LogP contribution in [0, 0.1) is 0 Å². The van der Waals surface area contributed by atoms with Crippen molar-refractivity contribution in [1.29, 1.82) is 0 Å². The Kier molecular flexibility index (Phi) is 5.51. The van der Waals surface area contributed by atoms with Gasteiger partial charge in [0, 0.05) is 0 Å². The predicted molar refractivity (Wildman–Crippen MR) is 80.3 cm³/mol. The lowest BCUT2D eigenvalue weighted by atomic mass is 10.1. The molecule has 148 valence electrons. The highest BCUT2D eigenvalue weighted by Crippen LogP contribution is 2.25. The number of anilines is 1. The van der Waals surface area contributed by atoms with E-state index in [-0.39, 0.29) is 10.5 Å². The largest absolute Gasteiger partial charge is 0.573 e. The number of aromatic nitrogens is 3. The lowest BCUT2D eigenvalue weighted by molar-refractivity contribution is -0.274. The zero-order valence-corrected chi connectivity index (χ0v) is 13.5. The van der Waals surface area contributed by atoms with Gasteiger partial charge in [0.25, 0.3) is 0 Å². The van der Waals surface area contributed by atoms with E-state index < -0.39 is 42.3 Å². The summed E-state index contributed by atoms with van der Waals surface area (Å²) in [7, 11) is 0. The first-order valence-corrected chi connectivity index (χ1v) is 7.24. The molecular formula is C14H12F6N4O3. The van der Waals surface area contributed by atoms with Gasteiger partial charge < -0.3 is 10.1 Å². The number of benzene rings is 1. The molecule has 2 N–H and O–H groups in total. The fourth-order valence-corrected chi connectivity index (χ4v) is 2.07. The van der Waals surface area contributed by atoms with Crippen LogP contribution in [0.2, 0.25) is 0 Å².